The topological polar surface area (TPSA) is 15.3 Å². The lowest BCUT2D eigenvalue weighted by Gasteiger charge is -2.29. The quantitative estimate of drug-likeness (QED) is 0.780. The molecule has 2 nitrogen and oxygen atoms in total. The fourth-order valence-corrected chi connectivity index (χ4v) is 2.41. The molecule has 0 atom stereocenters. The number of hydrogen-bond acceptors (Lipinski definition) is 3. The number of likely N-dealkylation sites (tertiary alicyclic amines) is 1. The molecular formula is C10H16N2S. The molecule has 0 saturated carbocycles. The molecule has 0 spiro atoms. The predicted octanol–water partition coefficient (Wildman–Crippen LogP) is 2.25. The van der Waals surface area contributed by atoms with Gasteiger partial charge in [-0.05, 0) is 50.5 Å². The molecule has 0 radical (unpaired) electrons. The van der Waals surface area contributed by atoms with E-state index >= 15 is 0 Å². The highest BCUT2D eigenvalue weighted by atomic mass is 32.1. The van der Waals surface area contributed by atoms with Gasteiger partial charge in [0.05, 0.1) is 5.00 Å². The summed E-state index contributed by atoms with van der Waals surface area (Å²) >= 11 is 1.79. The molecule has 0 aliphatic carbocycles. The summed E-state index contributed by atoms with van der Waals surface area (Å²) in [5, 5.41) is 7.01. The molecule has 0 bridgehead atoms. The molecule has 3 heteroatoms. The zero-order chi connectivity index (χ0) is 9.10. The van der Waals surface area contributed by atoms with Crippen molar-refractivity contribution in [3.05, 3.63) is 17.5 Å². The van der Waals surface area contributed by atoms with Crippen molar-refractivity contribution in [3.8, 4) is 0 Å². The van der Waals surface area contributed by atoms with Gasteiger partial charge in [0, 0.05) is 6.04 Å². The number of hydrogen-bond donors (Lipinski definition) is 1. The maximum atomic E-state index is 3.57. The van der Waals surface area contributed by atoms with E-state index in [-0.39, 0.29) is 0 Å². The molecule has 72 valence electrons. The van der Waals surface area contributed by atoms with E-state index in [1.165, 1.54) is 30.9 Å². The summed E-state index contributed by atoms with van der Waals surface area (Å²) in [5.74, 6) is 0. The van der Waals surface area contributed by atoms with Gasteiger partial charge in [0.1, 0.15) is 0 Å². The van der Waals surface area contributed by atoms with Crippen LogP contribution in [0.25, 0.3) is 0 Å². The summed E-state index contributed by atoms with van der Waals surface area (Å²) in [6.45, 7) is 2.45. The van der Waals surface area contributed by atoms with Crippen LogP contribution in [-0.4, -0.2) is 31.1 Å². The van der Waals surface area contributed by atoms with Gasteiger partial charge in [-0.2, -0.15) is 0 Å². The van der Waals surface area contributed by atoms with Crippen LogP contribution in [0.1, 0.15) is 12.8 Å². The highest BCUT2D eigenvalue weighted by molar-refractivity contribution is 7.14. The van der Waals surface area contributed by atoms with Gasteiger partial charge in [-0.25, -0.2) is 0 Å². The lowest BCUT2D eigenvalue weighted by atomic mass is 10.1. The van der Waals surface area contributed by atoms with E-state index in [2.05, 4.69) is 34.8 Å². The number of nitrogens with zero attached hydrogens (tertiary/aromatic N) is 1. The maximum Gasteiger partial charge on any atom is 0.0884 e. The number of rotatable bonds is 2. The highest BCUT2D eigenvalue weighted by Gasteiger charge is 2.15. The van der Waals surface area contributed by atoms with Crippen molar-refractivity contribution in [1.29, 1.82) is 0 Å². The monoisotopic (exact) mass is 196 g/mol. The van der Waals surface area contributed by atoms with Crippen LogP contribution < -0.4 is 5.32 Å². The molecule has 2 rings (SSSR count). The fraction of sp³-hybridized carbons (Fsp3) is 0.600. The summed E-state index contributed by atoms with van der Waals surface area (Å²) in [5.41, 5.74) is 0. The van der Waals surface area contributed by atoms with Crippen molar-refractivity contribution in [3.63, 3.8) is 0 Å². The Balaban J connectivity index is 1.83. The standard InChI is InChI=1S/C10H16N2S/c1-12-6-4-9(5-7-12)11-10-3-2-8-13-10/h2-3,8-9,11H,4-7H2,1H3. The first kappa shape index (κ1) is 9.03. The predicted molar refractivity (Wildman–Crippen MR) is 58.5 cm³/mol. The van der Waals surface area contributed by atoms with Crippen LogP contribution in [0, 0.1) is 0 Å². The van der Waals surface area contributed by atoms with Gasteiger partial charge in [-0.1, -0.05) is 0 Å². The first-order chi connectivity index (χ1) is 6.34. The molecule has 13 heavy (non-hydrogen) atoms. The van der Waals surface area contributed by atoms with Gasteiger partial charge in [0.2, 0.25) is 0 Å². The molecule has 1 saturated heterocycles. The second-order valence-electron chi connectivity index (χ2n) is 3.70. The first-order valence-corrected chi connectivity index (χ1v) is 5.71. The van der Waals surface area contributed by atoms with Crippen molar-refractivity contribution >= 4 is 16.3 Å². The van der Waals surface area contributed by atoms with E-state index in [0.29, 0.717) is 6.04 Å². The molecule has 1 fully saturated rings. The minimum atomic E-state index is 0.690. The zero-order valence-electron chi connectivity index (χ0n) is 7.99. The maximum absolute atomic E-state index is 3.57. The second-order valence-corrected chi connectivity index (χ2v) is 4.65. The molecule has 0 unspecified atom stereocenters. The van der Waals surface area contributed by atoms with E-state index in [1.54, 1.807) is 11.3 Å². The van der Waals surface area contributed by atoms with Gasteiger partial charge < -0.3 is 10.2 Å². The summed E-state index contributed by atoms with van der Waals surface area (Å²) in [6, 6.07) is 4.94. The number of nitrogens with one attached hydrogen (secondary N) is 1. The summed E-state index contributed by atoms with van der Waals surface area (Å²) in [4.78, 5) is 2.40. The third-order valence-corrected chi connectivity index (χ3v) is 3.39. The highest BCUT2D eigenvalue weighted by Crippen LogP contribution is 2.20. The third kappa shape index (κ3) is 2.45. The van der Waals surface area contributed by atoms with Gasteiger partial charge in [0.25, 0.3) is 0 Å². The van der Waals surface area contributed by atoms with Crippen molar-refractivity contribution in [2.24, 2.45) is 0 Å². The van der Waals surface area contributed by atoms with Crippen molar-refractivity contribution in [2.45, 2.75) is 18.9 Å². The van der Waals surface area contributed by atoms with Crippen molar-refractivity contribution < 1.29 is 0 Å². The molecular weight excluding hydrogens is 180 g/mol. The Kier molecular flexibility index (Phi) is 2.86. The van der Waals surface area contributed by atoms with E-state index in [0.717, 1.165) is 0 Å². The molecule has 0 aromatic carbocycles. The van der Waals surface area contributed by atoms with E-state index < -0.39 is 0 Å². The number of piperidine rings is 1. The molecule has 1 aliphatic rings. The first-order valence-electron chi connectivity index (χ1n) is 4.83. The Morgan fingerprint density at radius 3 is 2.85 bits per heavy atom. The molecule has 2 heterocycles. The molecule has 1 N–H and O–H groups in total. The smallest absolute Gasteiger partial charge is 0.0884 e. The summed E-state index contributed by atoms with van der Waals surface area (Å²) < 4.78 is 0. The van der Waals surface area contributed by atoms with E-state index in [4.69, 9.17) is 0 Å². The lowest BCUT2D eigenvalue weighted by molar-refractivity contribution is 0.264. The molecule has 1 aromatic rings. The van der Waals surface area contributed by atoms with Crippen molar-refractivity contribution in [1.82, 2.24) is 4.90 Å². The van der Waals surface area contributed by atoms with E-state index in [9.17, 15) is 0 Å². The average Bonchev–Trinajstić information content (AvgIpc) is 2.62. The minimum Gasteiger partial charge on any atom is -0.374 e. The fourth-order valence-electron chi connectivity index (χ4n) is 1.71. The van der Waals surface area contributed by atoms with Crippen LogP contribution in [0.4, 0.5) is 5.00 Å². The second kappa shape index (κ2) is 4.11. The Labute approximate surface area is 83.6 Å². The number of anilines is 1. The summed E-state index contributed by atoms with van der Waals surface area (Å²) in [7, 11) is 2.20. The van der Waals surface area contributed by atoms with Crippen molar-refractivity contribution in [2.75, 3.05) is 25.5 Å². The lowest BCUT2D eigenvalue weighted by Crippen LogP contribution is -2.36. The van der Waals surface area contributed by atoms with Crippen LogP contribution in [0.15, 0.2) is 17.5 Å². The van der Waals surface area contributed by atoms with Crippen LogP contribution >= 0.6 is 11.3 Å². The van der Waals surface area contributed by atoms with Crippen LogP contribution in [0.3, 0.4) is 0 Å². The van der Waals surface area contributed by atoms with Crippen LogP contribution in [-0.2, 0) is 0 Å². The SMILES string of the molecule is CN1CCC(Nc2cccs2)CC1. The van der Waals surface area contributed by atoms with Gasteiger partial charge in [-0.3, -0.25) is 0 Å². The zero-order valence-corrected chi connectivity index (χ0v) is 8.81. The Bertz CT molecular complexity index is 237. The molecule has 0 amide bonds. The minimum absolute atomic E-state index is 0.690. The molecule has 1 aliphatic heterocycles. The van der Waals surface area contributed by atoms with Crippen LogP contribution in [0.5, 0.6) is 0 Å². The average molecular weight is 196 g/mol. The van der Waals surface area contributed by atoms with Gasteiger partial charge >= 0.3 is 0 Å². The van der Waals surface area contributed by atoms with Gasteiger partial charge in [-0.15, -0.1) is 11.3 Å². The number of thiophene rings is 1. The largest absolute Gasteiger partial charge is 0.374 e. The van der Waals surface area contributed by atoms with Crippen LogP contribution in [0.2, 0.25) is 0 Å². The molecule has 1 aromatic heterocycles. The van der Waals surface area contributed by atoms with Gasteiger partial charge in [0.15, 0.2) is 0 Å². The Hall–Kier alpha value is -0.540. The Morgan fingerprint density at radius 2 is 2.23 bits per heavy atom. The van der Waals surface area contributed by atoms with E-state index in [1.807, 2.05) is 0 Å². The third-order valence-electron chi connectivity index (χ3n) is 2.59. The summed E-state index contributed by atoms with van der Waals surface area (Å²) in [6.07, 6.45) is 2.54. The Morgan fingerprint density at radius 1 is 1.46 bits per heavy atom. The normalized spacial score (nSPS) is 20.4.